The van der Waals surface area contributed by atoms with E-state index in [4.69, 9.17) is 0 Å². The molecule has 0 aromatic carbocycles. The van der Waals surface area contributed by atoms with Gasteiger partial charge in [0.25, 0.3) is 0 Å². The first-order chi connectivity index (χ1) is 11.0. The molecule has 130 valence electrons. The van der Waals surface area contributed by atoms with Crippen LogP contribution in [0.4, 0.5) is 5.82 Å². The molecule has 1 N–H and O–H groups in total. The fourth-order valence-corrected chi connectivity index (χ4v) is 4.84. The van der Waals surface area contributed by atoms with Gasteiger partial charge >= 0.3 is 0 Å². The van der Waals surface area contributed by atoms with Crippen molar-refractivity contribution >= 4 is 15.8 Å². The first-order valence-electron chi connectivity index (χ1n) is 8.49. The lowest BCUT2D eigenvalue weighted by atomic mass is 10.1. The van der Waals surface area contributed by atoms with Gasteiger partial charge in [-0.05, 0) is 38.8 Å². The highest BCUT2D eigenvalue weighted by Crippen LogP contribution is 2.19. The number of anilines is 1. The van der Waals surface area contributed by atoms with Crippen molar-refractivity contribution in [2.75, 3.05) is 43.4 Å². The lowest BCUT2D eigenvalue weighted by Crippen LogP contribution is -2.49. The van der Waals surface area contributed by atoms with E-state index in [0.29, 0.717) is 13.1 Å². The van der Waals surface area contributed by atoms with Gasteiger partial charge in [-0.25, -0.2) is 13.1 Å². The Morgan fingerprint density at radius 1 is 1.26 bits per heavy atom. The molecule has 0 bridgehead atoms. The quantitative estimate of drug-likeness (QED) is 0.811. The third kappa shape index (κ3) is 4.45. The Morgan fingerprint density at radius 2 is 2.04 bits per heavy atom. The molecule has 23 heavy (non-hydrogen) atoms. The minimum absolute atomic E-state index is 0.0118. The Kier molecular flexibility index (Phi) is 5.23. The Bertz CT molecular complexity index is 609. The molecule has 8 heteroatoms. The molecule has 1 aromatic heterocycles. The molecule has 2 aliphatic rings. The molecular formula is C15H27N5O2S. The van der Waals surface area contributed by atoms with Crippen LogP contribution < -0.4 is 9.62 Å². The van der Waals surface area contributed by atoms with Crippen LogP contribution in [0.15, 0.2) is 12.3 Å². The van der Waals surface area contributed by atoms with Crippen molar-refractivity contribution in [1.82, 2.24) is 19.4 Å². The molecule has 3 rings (SSSR count). The summed E-state index contributed by atoms with van der Waals surface area (Å²) < 4.78 is 29.4. The zero-order valence-electron chi connectivity index (χ0n) is 13.8. The van der Waals surface area contributed by atoms with Crippen molar-refractivity contribution in [3.8, 4) is 0 Å². The van der Waals surface area contributed by atoms with E-state index in [2.05, 4.69) is 19.6 Å². The smallest absolute Gasteiger partial charge is 0.213 e. The van der Waals surface area contributed by atoms with Crippen LogP contribution in [0.2, 0.25) is 0 Å². The van der Waals surface area contributed by atoms with Crippen molar-refractivity contribution in [1.29, 1.82) is 0 Å². The van der Waals surface area contributed by atoms with Crippen LogP contribution in [0, 0.1) is 0 Å². The van der Waals surface area contributed by atoms with E-state index < -0.39 is 10.0 Å². The molecule has 1 atom stereocenters. The molecule has 3 heterocycles. The van der Waals surface area contributed by atoms with Crippen molar-refractivity contribution in [2.45, 2.75) is 31.7 Å². The maximum Gasteiger partial charge on any atom is 0.213 e. The number of hydrogen-bond acceptors (Lipinski definition) is 5. The van der Waals surface area contributed by atoms with Crippen molar-refractivity contribution in [3.05, 3.63) is 12.3 Å². The van der Waals surface area contributed by atoms with E-state index in [1.807, 2.05) is 17.8 Å². The van der Waals surface area contributed by atoms with Crippen LogP contribution in [-0.2, 0) is 17.1 Å². The second kappa shape index (κ2) is 7.19. The van der Waals surface area contributed by atoms with Crippen LogP contribution in [0.25, 0.3) is 0 Å². The zero-order valence-corrected chi connectivity index (χ0v) is 14.6. The molecule has 1 unspecified atom stereocenters. The standard InChI is InChI=1S/C15H27N5O2S/c1-18-15(6-7-16-18)20-10-4-5-14(13-20)17-23(21,22)12-11-19-8-2-3-9-19/h6-7,14,17H,2-5,8-13H2,1H3. The van der Waals surface area contributed by atoms with Gasteiger partial charge in [0.05, 0.1) is 11.9 Å². The van der Waals surface area contributed by atoms with Gasteiger partial charge in [0, 0.05) is 38.8 Å². The van der Waals surface area contributed by atoms with Crippen molar-refractivity contribution < 1.29 is 8.42 Å². The van der Waals surface area contributed by atoms with Gasteiger partial charge < -0.3 is 9.80 Å². The molecule has 0 saturated carbocycles. The summed E-state index contributed by atoms with van der Waals surface area (Å²) in [7, 11) is -1.30. The molecular weight excluding hydrogens is 314 g/mol. The Labute approximate surface area is 138 Å². The molecule has 0 spiro atoms. The number of hydrogen-bond donors (Lipinski definition) is 1. The first-order valence-corrected chi connectivity index (χ1v) is 10.1. The second-order valence-electron chi connectivity index (χ2n) is 6.58. The highest BCUT2D eigenvalue weighted by atomic mass is 32.2. The minimum atomic E-state index is -3.21. The van der Waals surface area contributed by atoms with E-state index in [0.717, 1.165) is 38.3 Å². The van der Waals surface area contributed by atoms with Crippen molar-refractivity contribution in [3.63, 3.8) is 0 Å². The monoisotopic (exact) mass is 341 g/mol. The van der Waals surface area contributed by atoms with Gasteiger partial charge in [-0.3, -0.25) is 4.68 Å². The molecule has 0 radical (unpaired) electrons. The molecule has 1 aromatic rings. The topological polar surface area (TPSA) is 70.5 Å². The number of piperidine rings is 1. The molecule has 2 saturated heterocycles. The first kappa shape index (κ1) is 16.7. The van der Waals surface area contributed by atoms with E-state index in [-0.39, 0.29) is 11.8 Å². The second-order valence-corrected chi connectivity index (χ2v) is 8.46. The molecule has 0 aliphatic carbocycles. The highest BCUT2D eigenvalue weighted by molar-refractivity contribution is 7.89. The molecule has 2 fully saturated rings. The predicted octanol–water partition coefficient (Wildman–Crippen LogP) is 0.404. The summed E-state index contributed by atoms with van der Waals surface area (Å²) in [6.45, 7) is 4.38. The third-order valence-corrected chi connectivity index (χ3v) is 6.17. The van der Waals surface area contributed by atoms with Gasteiger partial charge in [-0.2, -0.15) is 5.10 Å². The van der Waals surface area contributed by atoms with Gasteiger partial charge in [0.1, 0.15) is 5.82 Å². The fraction of sp³-hybridized carbons (Fsp3) is 0.800. The van der Waals surface area contributed by atoms with Gasteiger partial charge in [0.15, 0.2) is 0 Å². The largest absolute Gasteiger partial charge is 0.355 e. The molecule has 2 aliphatic heterocycles. The fourth-order valence-electron chi connectivity index (χ4n) is 3.53. The summed E-state index contributed by atoms with van der Waals surface area (Å²) in [6.07, 6.45) is 6.05. The Morgan fingerprint density at radius 3 is 2.74 bits per heavy atom. The number of sulfonamides is 1. The van der Waals surface area contributed by atoms with Crippen LogP contribution >= 0.6 is 0 Å². The predicted molar refractivity (Wildman–Crippen MR) is 91.0 cm³/mol. The third-order valence-electron chi connectivity index (χ3n) is 4.76. The van der Waals surface area contributed by atoms with Gasteiger partial charge in [0.2, 0.25) is 10.0 Å². The lowest BCUT2D eigenvalue weighted by molar-refractivity contribution is 0.357. The molecule has 7 nitrogen and oxygen atoms in total. The Balaban J connectivity index is 1.53. The highest BCUT2D eigenvalue weighted by Gasteiger charge is 2.26. The van der Waals surface area contributed by atoms with Crippen molar-refractivity contribution in [2.24, 2.45) is 7.05 Å². The average Bonchev–Trinajstić information content (AvgIpc) is 3.16. The number of aromatic nitrogens is 2. The van der Waals surface area contributed by atoms with Crippen LogP contribution in [0.5, 0.6) is 0 Å². The van der Waals surface area contributed by atoms with Gasteiger partial charge in [-0.15, -0.1) is 0 Å². The maximum atomic E-state index is 12.3. The van der Waals surface area contributed by atoms with E-state index >= 15 is 0 Å². The zero-order chi connectivity index (χ0) is 16.3. The number of likely N-dealkylation sites (tertiary alicyclic amines) is 1. The van der Waals surface area contributed by atoms with Gasteiger partial charge in [-0.1, -0.05) is 0 Å². The summed E-state index contributed by atoms with van der Waals surface area (Å²) in [5.41, 5.74) is 0. The Hall–Kier alpha value is -1.12. The number of aryl methyl sites for hydroxylation is 1. The summed E-state index contributed by atoms with van der Waals surface area (Å²) in [5, 5.41) is 4.20. The lowest BCUT2D eigenvalue weighted by Gasteiger charge is -2.34. The maximum absolute atomic E-state index is 12.3. The van der Waals surface area contributed by atoms with E-state index in [1.165, 1.54) is 12.8 Å². The average molecular weight is 341 g/mol. The van der Waals surface area contributed by atoms with Crippen LogP contribution in [0.1, 0.15) is 25.7 Å². The van der Waals surface area contributed by atoms with E-state index in [9.17, 15) is 8.42 Å². The number of rotatable bonds is 6. The van der Waals surface area contributed by atoms with Crippen LogP contribution in [0.3, 0.4) is 0 Å². The van der Waals surface area contributed by atoms with E-state index in [1.54, 1.807) is 6.20 Å². The number of nitrogens with one attached hydrogen (secondary N) is 1. The summed E-state index contributed by atoms with van der Waals surface area (Å²) >= 11 is 0. The number of nitrogens with zero attached hydrogens (tertiary/aromatic N) is 4. The SMILES string of the molecule is Cn1nccc1N1CCCC(NS(=O)(=O)CCN2CCCC2)C1. The van der Waals surface area contributed by atoms with Crippen LogP contribution in [-0.4, -0.2) is 67.6 Å². The minimum Gasteiger partial charge on any atom is -0.355 e. The summed E-state index contributed by atoms with van der Waals surface area (Å²) in [6, 6.07) is 1.96. The summed E-state index contributed by atoms with van der Waals surface area (Å²) in [4.78, 5) is 4.45. The summed E-state index contributed by atoms with van der Waals surface area (Å²) in [5.74, 6) is 1.25. The molecule has 0 amide bonds. The normalized spacial score (nSPS) is 23.5.